The maximum atomic E-state index is 13.5. The third-order valence-electron chi connectivity index (χ3n) is 8.30. The van der Waals surface area contributed by atoms with Crippen molar-refractivity contribution >= 4 is 51.3 Å². The summed E-state index contributed by atoms with van der Waals surface area (Å²) in [5, 5.41) is 14.1. The van der Waals surface area contributed by atoms with Crippen molar-refractivity contribution < 1.29 is 14.4 Å². The molecule has 1 aliphatic rings. The third kappa shape index (κ3) is 7.45. The van der Waals surface area contributed by atoms with Crippen LogP contribution in [0.15, 0.2) is 54.7 Å². The number of rotatable bonds is 11. The molecule has 0 aliphatic heterocycles. The van der Waals surface area contributed by atoms with Crippen LogP contribution in [-0.2, 0) is 20.8 Å². The number of fused-ring (bicyclic) bond motifs is 2. The van der Waals surface area contributed by atoms with E-state index in [1.54, 1.807) is 6.92 Å². The molecule has 3 amide bonds. The van der Waals surface area contributed by atoms with Crippen molar-refractivity contribution in [2.24, 2.45) is 5.92 Å². The highest BCUT2D eigenvalue weighted by molar-refractivity contribution is 5.93. The minimum Gasteiger partial charge on any atom is -0.362 e. The number of H-pyrrole nitrogens is 1. The molecule has 2 heterocycles. The van der Waals surface area contributed by atoms with E-state index in [9.17, 15) is 14.4 Å². The fourth-order valence-corrected chi connectivity index (χ4v) is 5.92. The van der Waals surface area contributed by atoms with Gasteiger partial charge in [0.15, 0.2) is 0 Å². The molecule has 5 N–H and O–H groups in total. The summed E-state index contributed by atoms with van der Waals surface area (Å²) in [4.78, 5) is 52.6. The number of nitrogens with zero attached hydrogens (tertiary/aromatic N) is 3. The second kappa shape index (κ2) is 13.7. The molecule has 0 saturated heterocycles. The smallest absolute Gasteiger partial charge is 0.242 e. The Labute approximate surface area is 257 Å². The standard InChI is InChI=1S/C33H42N8O3/c1-20(36-21(2)42)31(43)38-29(17-23-19-34-27-11-7-5-9-25(23)27)32(44)35-18-22-13-15-24(16-14-22)37-33-39-28-12-8-6-10-26(28)30(40-33)41(3)4/h5-12,19-20,22,24,29,34H,13-18H2,1-4H3,(H,35,44)(H,36,42)(H,38,43)(H,37,39,40)/t20-,22?,24?,29-/m0/s1. The molecule has 0 spiro atoms. The van der Waals surface area contributed by atoms with Crippen LogP contribution in [0.4, 0.5) is 11.8 Å². The van der Waals surface area contributed by atoms with Crippen molar-refractivity contribution in [2.45, 2.75) is 64.1 Å². The number of carbonyl (C=O) groups excluding carboxylic acids is 3. The number of carbonyl (C=O) groups is 3. The summed E-state index contributed by atoms with van der Waals surface area (Å²) >= 11 is 0. The Morgan fingerprint density at radius 2 is 1.64 bits per heavy atom. The fraction of sp³-hybridized carbons (Fsp3) is 0.424. The van der Waals surface area contributed by atoms with Gasteiger partial charge in [-0.1, -0.05) is 30.3 Å². The van der Waals surface area contributed by atoms with Crippen LogP contribution in [0.5, 0.6) is 0 Å². The summed E-state index contributed by atoms with van der Waals surface area (Å²) in [7, 11) is 3.97. The van der Waals surface area contributed by atoms with Crippen LogP contribution < -0.4 is 26.2 Å². The van der Waals surface area contributed by atoms with Crippen LogP contribution in [0.25, 0.3) is 21.8 Å². The van der Waals surface area contributed by atoms with E-state index in [1.807, 2.05) is 73.7 Å². The summed E-state index contributed by atoms with van der Waals surface area (Å²) in [5.41, 5.74) is 2.82. The number of benzene rings is 2. The monoisotopic (exact) mass is 598 g/mol. The second-order valence-corrected chi connectivity index (χ2v) is 11.9. The molecule has 1 saturated carbocycles. The van der Waals surface area contributed by atoms with Gasteiger partial charge in [0.2, 0.25) is 23.7 Å². The molecule has 2 aromatic carbocycles. The molecular formula is C33H42N8O3. The molecule has 11 heteroatoms. The Bertz CT molecular complexity index is 1630. The van der Waals surface area contributed by atoms with Gasteiger partial charge in [0.05, 0.1) is 5.52 Å². The van der Waals surface area contributed by atoms with E-state index in [0.29, 0.717) is 24.8 Å². The van der Waals surface area contributed by atoms with Crippen LogP contribution in [0.2, 0.25) is 0 Å². The lowest BCUT2D eigenvalue weighted by Crippen LogP contribution is -2.53. The molecule has 2 atom stereocenters. The minimum absolute atomic E-state index is 0.236. The normalized spacial score (nSPS) is 17.9. The highest BCUT2D eigenvalue weighted by Crippen LogP contribution is 2.28. The highest BCUT2D eigenvalue weighted by atomic mass is 16.2. The van der Waals surface area contributed by atoms with E-state index in [0.717, 1.165) is 58.9 Å². The molecular weight excluding hydrogens is 556 g/mol. The number of nitrogens with one attached hydrogen (secondary N) is 5. The van der Waals surface area contributed by atoms with Crippen LogP contribution >= 0.6 is 0 Å². The Balaban J connectivity index is 1.18. The Morgan fingerprint density at radius 3 is 2.36 bits per heavy atom. The van der Waals surface area contributed by atoms with Gasteiger partial charge in [0.1, 0.15) is 17.9 Å². The summed E-state index contributed by atoms with van der Waals surface area (Å²) < 4.78 is 0. The quantitative estimate of drug-likeness (QED) is 0.178. The van der Waals surface area contributed by atoms with Gasteiger partial charge < -0.3 is 31.2 Å². The van der Waals surface area contributed by atoms with E-state index < -0.39 is 18.0 Å². The van der Waals surface area contributed by atoms with Crippen LogP contribution in [0.3, 0.4) is 0 Å². The molecule has 44 heavy (non-hydrogen) atoms. The third-order valence-corrected chi connectivity index (χ3v) is 8.30. The molecule has 11 nitrogen and oxygen atoms in total. The lowest BCUT2D eigenvalue weighted by atomic mass is 9.86. The number of aromatic amines is 1. The lowest BCUT2D eigenvalue weighted by Gasteiger charge is -2.30. The van der Waals surface area contributed by atoms with Crippen molar-refractivity contribution in [3.05, 3.63) is 60.3 Å². The first-order valence-corrected chi connectivity index (χ1v) is 15.3. The number of para-hydroxylation sites is 2. The minimum atomic E-state index is -0.785. The number of aromatic nitrogens is 3. The topological polar surface area (TPSA) is 144 Å². The summed E-state index contributed by atoms with van der Waals surface area (Å²) in [6, 6.07) is 14.6. The number of hydrogen-bond acceptors (Lipinski definition) is 7. The van der Waals surface area contributed by atoms with Crippen LogP contribution in [0, 0.1) is 5.92 Å². The first kappa shape index (κ1) is 30.8. The van der Waals surface area contributed by atoms with Crippen molar-refractivity contribution in [1.29, 1.82) is 0 Å². The summed E-state index contributed by atoms with van der Waals surface area (Å²) in [6.07, 6.45) is 5.99. The maximum absolute atomic E-state index is 13.5. The molecule has 5 rings (SSSR count). The van der Waals surface area contributed by atoms with Crippen molar-refractivity contribution in [3.8, 4) is 0 Å². The Morgan fingerprint density at radius 1 is 0.932 bits per heavy atom. The largest absolute Gasteiger partial charge is 0.362 e. The predicted octanol–water partition coefficient (Wildman–Crippen LogP) is 3.52. The molecule has 0 unspecified atom stereocenters. The van der Waals surface area contributed by atoms with E-state index >= 15 is 0 Å². The average Bonchev–Trinajstić information content (AvgIpc) is 3.42. The molecule has 0 radical (unpaired) electrons. The molecule has 2 aromatic heterocycles. The molecule has 0 bridgehead atoms. The molecule has 1 fully saturated rings. The van der Waals surface area contributed by atoms with Gasteiger partial charge in [-0.25, -0.2) is 4.98 Å². The average molecular weight is 599 g/mol. The first-order valence-electron chi connectivity index (χ1n) is 15.3. The maximum Gasteiger partial charge on any atom is 0.242 e. The second-order valence-electron chi connectivity index (χ2n) is 11.9. The van der Waals surface area contributed by atoms with Gasteiger partial charge in [-0.15, -0.1) is 0 Å². The van der Waals surface area contributed by atoms with Crippen LogP contribution in [0.1, 0.15) is 45.1 Å². The highest BCUT2D eigenvalue weighted by Gasteiger charge is 2.27. The van der Waals surface area contributed by atoms with Crippen molar-refractivity contribution in [1.82, 2.24) is 30.9 Å². The number of amides is 3. The number of hydrogen-bond donors (Lipinski definition) is 5. The van der Waals surface area contributed by atoms with Crippen molar-refractivity contribution in [3.63, 3.8) is 0 Å². The fourth-order valence-electron chi connectivity index (χ4n) is 5.92. The van der Waals surface area contributed by atoms with Gasteiger partial charge in [-0.2, -0.15) is 4.98 Å². The van der Waals surface area contributed by atoms with Crippen LogP contribution in [-0.4, -0.2) is 71.4 Å². The van der Waals surface area contributed by atoms with Gasteiger partial charge in [-0.3, -0.25) is 14.4 Å². The Kier molecular flexibility index (Phi) is 9.62. The number of anilines is 2. The van der Waals surface area contributed by atoms with E-state index in [-0.39, 0.29) is 17.9 Å². The Hall–Kier alpha value is -4.67. The summed E-state index contributed by atoms with van der Waals surface area (Å²) in [6.45, 7) is 3.50. The molecule has 232 valence electrons. The van der Waals surface area contributed by atoms with Gasteiger partial charge in [-0.05, 0) is 62.3 Å². The zero-order chi connectivity index (χ0) is 31.2. The van der Waals surface area contributed by atoms with Crippen molar-refractivity contribution in [2.75, 3.05) is 30.9 Å². The van der Waals surface area contributed by atoms with E-state index in [4.69, 9.17) is 9.97 Å². The van der Waals surface area contributed by atoms with E-state index in [1.165, 1.54) is 6.92 Å². The summed E-state index contributed by atoms with van der Waals surface area (Å²) in [5.74, 6) is 0.902. The first-order chi connectivity index (χ1) is 21.2. The SMILES string of the molecule is CC(=O)N[C@@H](C)C(=O)N[C@@H](Cc1c[nH]c2ccccc12)C(=O)NCC1CCC(Nc2nc(N(C)C)c3ccccc3n2)CC1. The van der Waals surface area contributed by atoms with E-state index in [2.05, 4.69) is 26.3 Å². The molecule has 1 aliphatic carbocycles. The van der Waals surface area contributed by atoms with Gasteiger partial charge in [0.25, 0.3) is 0 Å². The lowest BCUT2D eigenvalue weighted by molar-refractivity contribution is -0.131. The van der Waals surface area contributed by atoms with Gasteiger partial charge >= 0.3 is 0 Å². The zero-order valence-electron chi connectivity index (χ0n) is 25.8. The molecule has 4 aromatic rings. The van der Waals surface area contributed by atoms with Gasteiger partial charge in [0, 0.05) is 62.5 Å². The zero-order valence-corrected chi connectivity index (χ0v) is 25.8. The predicted molar refractivity (Wildman–Crippen MR) is 173 cm³/mol.